The van der Waals surface area contributed by atoms with Gasteiger partial charge in [-0.15, -0.1) is 0 Å². The lowest BCUT2D eigenvalue weighted by atomic mass is 10.2. The molecule has 1 saturated heterocycles. The largest absolute Gasteiger partial charge is 0.497 e. The van der Waals surface area contributed by atoms with Crippen LogP contribution in [-0.2, 0) is 22.3 Å². The molecule has 12 nitrogen and oxygen atoms in total. The Labute approximate surface area is 251 Å². The Balaban J connectivity index is 1.10. The first-order chi connectivity index (χ1) is 21.0. The molecule has 1 aliphatic rings. The third kappa shape index (κ3) is 6.82. The number of methoxy groups -OCH3 is 1. The van der Waals surface area contributed by atoms with Crippen LogP contribution < -0.4 is 15.2 Å². The number of hydrogen-bond donors (Lipinski definition) is 0. The molecular weight excluding hydrogens is 581 g/mol. The van der Waals surface area contributed by atoms with E-state index in [-0.39, 0.29) is 43.1 Å². The Kier molecular flexibility index (Phi) is 9.13. The first-order valence-electron chi connectivity index (χ1n) is 14.1. The first-order valence-corrected chi connectivity index (χ1v) is 14.1. The lowest BCUT2D eigenvalue weighted by Gasteiger charge is -2.34. The number of rotatable bonds is 10. The van der Waals surface area contributed by atoms with Gasteiger partial charge in [-0.1, -0.05) is 12.1 Å². The van der Waals surface area contributed by atoms with Crippen molar-refractivity contribution in [2.45, 2.75) is 39.0 Å². The molecule has 5 rings (SSSR count). The molecule has 0 N–H and O–H groups in total. The SMILES string of the molecule is COc1ccc(Cn2ncc3c(c(C)nn3C(C)COCCC(=O)N3CCN(c4ncc(C(F)(F)F)cn4)CC3)c2=O)cc1. The number of halogens is 3. The van der Waals surface area contributed by atoms with Gasteiger partial charge in [-0.2, -0.15) is 23.4 Å². The van der Waals surface area contributed by atoms with Crippen LogP contribution in [0.1, 0.15) is 36.2 Å². The van der Waals surface area contributed by atoms with Gasteiger partial charge in [0.15, 0.2) is 0 Å². The fourth-order valence-electron chi connectivity index (χ4n) is 5.04. The van der Waals surface area contributed by atoms with E-state index >= 15 is 0 Å². The molecule has 0 radical (unpaired) electrons. The second kappa shape index (κ2) is 13.0. The third-order valence-corrected chi connectivity index (χ3v) is 7.50. The minimum absolute atomic E-state index is 0.0763. The van der Waals surface area contributed by atoms with Crippen molar-refractivity contribution in [2.24, 2.45) is 0 Å². The van der Waals surface area contributed by atoms with Crippen LogP contribution in [0.5, 0.6) is 5.75 Å². The van der Waals surface area contributed by atoms with E-state index in [4.69, 9.17) is 9.47 Å². The van der Waals surface area contributed by atoms with Gasteiger partial charge in [0.2, 0.25) is 11.9 Å². The van der Waals surface area contributed by atoms with Crippen molar-refractivity contribution in [3.63, 3.8) is 0 Å². The van der Waals surface area contributed by atoms with Crippen molar-refractivity contribution in [2.75, 3.05) is 51.4 Å². The summed E-state index contributed by atoms with van der Waals surface area (Å²) in [5.74, 6) is 0.859. The van der Waals surface area contributed by atoms with Gasteiger partial charge >= 0.3 is 6.18 Å². The minimum Gasteiger partial charge on any atom is -0.497 e. The summed E-state index contributed by atoms with van der Waals surface area (Å²) >= 11 is 0. The summed E-state index contributed by atoms with van der Waals surface area (Å²) in [6, 6.07) is 7.22. The third-order valence-electron chi connectivity index (χ3n) is 7.50. The van der Waals surface area contributed by atoms with Crippen LogP contribution in [0, 0.1) is 6.92 Å². The molecular formula is C29H33F3N8O4. The molecule has 0 bridgehead atoms. The number of alkyl halides is 3. The van der Waals surface area contributed by atoms with Crippen LogP contribution >= 0.6 is 0 Å². The van der Waals surface area contributed by atoms with Crippen molar-refractivity contribution in [1.29, 1.82) is 0 Å². The Morgan fingerprint density at radius 3 is 2.36 bits per heavy atom. The highest BCUT2D eigenvalue weighted by molar-refractivity contribution is 5.80. The average molecular weight is 615 g/mol. The van der Waals surface area contributed by atoms with Crippen LogP contribution in [0.25, 0.3) is 10.9 Å². The maximum Gasteiger partial charge on any atom is 0.419 e. The molecule has 44 heavy (non-hydrogen) atoms. The molecule has 0 aliphatic carbocycles. The zero-order chi connectivity index (χ0) is 31.4. The number of fused-ring (bicyclic) bond motifs is 1. The summed E-state index contributed by atoms with van der Waals surface area (Å²) in [5.41, 5.74) is 0.988. The van der Waals surface area contributed by atoms with Gasteiger partial charge in [0.1, 0.15) is 5.75 Å². The minimum atomic E-state index is -4.49. The van der Waals surface area contributed by atoms with Gasteiger partial charge in [-0.25, -0.2) is 14.6 Å². The maximum atomic E-state index is 13.2. The Morgan fingerprint density at radius 2 is 1.73 bits per heavy atom. The molecule has 1 aromatic carbocycles. The van der Waals surface area contributed by atoms with Gasteiger partial charge in [0, 0.05) is 38.6 Å². The summed E-state index contributed by atoms with van der Waals surface area (Å²) in [6.07, 6.45) is -1.15. The summed E-state index contributed by atoms with van der Waals surface area (Å²) in [7, 11) is 1.60. The lowest BCUT2D eigenvalue weighted by molar-refractivity contribution is -0.138. The highest BCUT2D eigenvalue weighted by Crippen LogP contribution is 2.28. The van der Waals surface area contributed by atoms with Crippen LogP contribution in [0.4, 0.5) is 19.1 Å². The second-order valence-electron chi connectivity index (χ2n) is 10.6. The van der Waals surface area contributed by atoms with Crippen LogP contribution in [0.2, 0.25) is 0 Å². The Morgan fingerprint density at radius 1 is 1.05 bits per heavy atom. The zero-order valence-corrected chi connectivity index (χ0v) is 24.6. The number of nitrogens with zero attached hydrogens (tertiary/aromatic N) is 8. The van der Waals surface area contributed by atoms with E-state index in [1.54, 1.807) is 34.7 Å². The van der Waals surface area contributed by atoms with Gasteiger partial charge in [-0.05, 0) is 31.5 Å². The predicted octanol–water partition coefficient (Wildman–Crippen LogP) is 3.08. The number of piperazine rings is 1. The Bertz CT molecular complexity index is 1650. The van der Waals surface area contributed by atoms with E-state index in [9.17, 15) is 22.8 Å². The van der Waals surface area contributed by atoms with Crippen molar-refractivity contribution < 1.29 is 27.4 Å². The summed E-state index contributed by atoms with van der Waals surface area (Å²) in [6.45, 7) is 6.13. The second-order valence-corrected chi connectivity index (χ2v) is 10.6. The smallest absolute Gasteiger partial charge is 0.419 e. The number of aryl methyl sites for hydroxylation is 1. The van der Waals surface area contributed by atoms with Crippen LogP contribution in [-0.4, -0.2) is 86.8 Å². The van der Waals surface area contributed by atoms with E-state index in [2.05, 4.69) is 20.2 Å². The quantitative estimate of drug-likeness (QED) is 0.248. The number of carbonyl (C=O) groups excluding carboxylic acids is 1. The van der Waals surface area contributed by atoms with E-state index < -0.39 is 11.7 Å². The summed E-state index contributed by atoms with van der Waals surface area (Å²) in [4.78, 5) is 37.1. The van der Waals surface area contributed by atoms with Crippen molar-refractivity contribution in [3.05, 3.63) is 70.0 Å². The fourth-order valence-corrected chi connectivity index (χ4v) is 5.04. The number of anilines is 1. The molecule has 0 saturated carbocycles. The van der Waals surface area contributed by atoms with Gasteiger partial charge in [0.25, 0.3) is 5.56 Å². The van der Waals surface area contributed by atoms with E-state index in [1.807, 2.05) is 31.2 Å². The molecule has 1 unspecified atom stereocenters. The maximum absolute atomic E-state index is 13.2. The topological polar surface area (TPSA) is 120 Å². The summed E-state index contributed by atoms with van der Waals surface area (Å²) in [5, 5.41) is 9.45. The van der Waals surface area contributed by atoms with E-state index in [0.717, 1.165) is 23.7 Å². The normalized spacial score (nSPS) is 14.7. The molecule has 15 heteroatoms. The molecule has 1 amide bonds. The number of aromatic nitrogens is 6. The van der Waals surface area contributed by atoms with Gasteiger partial charge in [-0.3, -0.25) is 14.3 Å². The highest BCUT2D eigenvalue weighted by Gasteiger charge is 2.32. The first kappa shape index (κ1) is 30.9. The summed E-state index contributed by atoms with van der Waals surface area (Å²) < 4.78 is 52.4. The standard InChI is InChI=1S/C29H33F3N8O4/c1-19(40-24-16-35-39(27(42)26(24)20(2)36-40)17-21-4-6-23(43-3)7-5-21)18-44-13-8-25(41)37-9-11-38(12-10-37)28-33-14-22(15-34-28)29(30,31)32/h4-7,14-16,19H,8-13,17-18H2,1-3H3. The number of amides is 1. The zero-order valence-electron chi connectivity index (χ0n) is 24.6. The van der Waals surface area contributed by atoms with Crippen molar-refractivity contribution in [1.82, 2.24) is 34.4 Å². The molecule has 234 valence electrons. The predicted molar refractivity (Wildman–Crippen MR) is 155 cm³/mol. The van der Waals surface area contributed by atoms with E-state index in [0.29, 0.717) is 49.3 Å². The highest BCUT2D eigenvalue weighted by atomic mass is 19.4. The molecule has 0 spiro atoms. The average Bonchev–Trinajstić information content (AvgIpc) is 3.37. The van der Waals surface area contributed by atoms with Crippen molar-refractivity contribution in [3.8, 4) is 5.75 Å². The number of hydrogen-bond acceptors (Lipinski definition) is 9. The Hall–Kier alpha value is -4.53. The van der Waals surface area contributed by atoms with E-state index in [1.165, 1.54) is 4.68 Å². The number of carbonyl (C=O) groups is 1. The molecule has 1 atom stereocenters. The van der Waals surface area contributed by atoms with Gasteiger partial charge in [0.05, 0.1) is 67.7 Å². The molecule has 4 heterocycles. The number of ether oxygens (including phenoxy) is 2. The number of benzene rings is 1. The lowest BCUT2D eigenvalue weighted by Crippen LogP contribution is -2.49. The van der Waals surface area contributed by atoms with Gasteiger partial charge < -0.3 is 19.3 Å². The van der Waals surface area contributed by atoms with Crippen LogP contribution in [0.3, 0.4) is 0 Å². The molecule has 3 aromatic heterocycles. The molecule has 1 aliphatic heterocycles. The van der Waals surface area contributed by atoms with Crippen LogP contribution in [0.15, 0.2) is 47.7 Å². The fraction of sp³-hybridized carbons (Fsp3) is 0.448. The molecule has 4 aromatic rings. The monoisotopic (exact) mass is 614 g/mol. The van der Waals surface area contributed by atoms with Crippen molar-refractivity contribution >= 4 is 22.8 Å². The molecule has 1 fully saturated rings.